The second kappa shape index (κ2) is 3.56. The summed E-state index contributed by atoms with van der Waals surface area (Å²) in [6.45, 7) is 2.46. The van der Waals surface area contributed by atoms with E-state index in [1.165, 1.54) is 6.42 Å². The third-order valence-electron chi connectivity index (χ3n) is 3.72. The van der Waals surface area contributed by atoms with Crippen LogP contribution in [0, 0.1) is 11.3 Å². The number of nitrogens with two attached hydrogens (primary N) is 1. The first-order chi connectivity index (χ1) is 6.27. The standard InChI is InChI=1S/C10H19NO2/c11-7-10(4-9(12)5-10)8-2-1-3-13-6-8/h8-9,12H,1-7,11H2. The minimum Gasteiger partial charge on any atom is -0.393 e. The number of hydrogen-bond donors (Lipinski definition) is 2. The Balaban J connectivity index is 1.95. The molecule has 2 rings (SSSR count). The molecule has 2 aliphatic rings. The molecule has 0 bridgehead atoms. The number of ether oxygens (including phenoxy) is 1. The lowest BCUT2D eigenvalue weighted by Crippen LogP contribution is -2.53. The van der Waals surface area contributed by atoms with E-state index in [1.807, 2.05) is 0 Å². The molecule has 0 aromatic rings. The lowest BCUT2D eigenvalue weighted by atomic mass is 9.58. The minimum absolute atomic E-state index is 0.106. The van der Waals surface area contributed by atoms with E-state index in [0.29, 0.717) is 12.5 Å². The molecule has 1 aliphatic heterocycles. The summed E-state index contributed by atoms with van der Waals surface area (Å²) < 4.78 is 5.46. The fourth-order valence-electron chi connectivity index (χ4n) is 2.77. The molecule has 1 saturated heterocycles. The van der Waals surface area contributed by atoms with E-state index in [0.717, 1.165) is 32.5 Å². The maximum atomic E-state index is 9.35. The topological polar surface area (TPSA) is 55.5 Å². The fourth-order valence-corrected chi connectivity index (χ4v) is 2.77. The zero-order valence-corrected chi connectivity index (χ0v) is 8.04. The monoisotopic (exact) mass is 185 g/mol. The molecular weight excluding hydrogens is 166 g/mol. The van der Waals surface area contributed by atoms with Gasteiger partial charge in [-0.15, -0.1) is 0 Å². The Hall–Kier alpha value is -0.120. The van der Waals surface area contributed by atoms with Crippen molar-refractivity contribution in [2.24, 2.45) is 17.1 Å². The van der Waals surface area contributed by atoms with Gasteiger partial charge in [0.25, 0.3) is 0 Å². The molecule has 0 aromatic heterocycles. The van der Waals surface area contributed by atoms with Crippen molar-refractivity contribution in [1.29, 1.82) is 0 Å². The highest BCUT2D eigenvalue weighted by molar-refractivity contribution is 4.99. The molecule has 1 aliphatic carbocycles. The number of aliphatic hydroxyl groups excluding tert-OH is 1. The summed E-state index contributed by atoms with van der Waals surface area (Å²) in [5.41, 5.74) is 6.00. The zero-order valence-electron chi connectivity index (χ0n) is 8.04. The summed E-state index contributed by atoms with van der Waals surface area (Å²) in [5, 5.41) is 9.35. The molecule has 76 valence electrons. The largest absolute Gasteiger partial charge is 0.393 e. The van der Waals surface area contributed by atoms with Gasteiger partial charge in [0.1, 0.15) is 0 Å². The Morgan fingerprint density at radius 2 is 2.23 bits per heavy atom. The van der Waals surface area contributed by atoms with Crippen molar-refractivity contribution >= 4 is 0 Å². The van der Waals surface area contributed by atoms with E-state index < -0.39 is 0 Å². The molecule has 3 nitrogen and oxygen atoms in total. The SMILES string of the molecule is NCC1(C2CCCOC2)CC(O)C1. The van der Waals surface area contributed by atoms with Crippen LogP contribution in [0.3, 0.4) is 0 Å². The molecule has 2 fully saturated rings. The van der Waals surface area contributed by atoms with Crippen molar-refractivity contribution in [3.63, 3.8) is 0 Å². The number of aliphatic hydroxyl groups is 1. The molecule has 0 aromatic carbocycles. The maximum absolute atomic E-state index is 9.35. The summed E-state index contributed by atoms with van der Waals surface area (Å²) >= 11 is 0. The van der Waals surface area contributed by atoms with Crippen molar-refractivity contribution in [1.82, 2.24) is 0 Å². The summed E-state index contributed by atoms with van der Waals surface area (Å²) in [4.78, 5) is 0. The lowest BCUT2D eigenvalue weighted by Gasteiger charge is -2.51. The van der Waals surface area contributed by atoms with Crippen LogP contribution in [0.5, 0.6) is 0 Å². The molecule has 0 radical (unpaired) electrons. The van der Waals surface area contributed by atoms with E-state index in [4.69, 9.17) is 10.5 Å². The van der Waals surface area contributed by atoms with Crippen molar-refractivity contribution < 1.29 is 9.84 Å². The quantitative estimate of drug-likeness (QED) is 0.659. The van der Waals surface area contributed by atoms with Crippen LogP contribution in [0.2, 0.25) is 0 Å². The maximum Gasteiger partial charge on any atom is 0.0552 e. The molecule has 0 spiro atoms. The molecule has 0 amide bonds. The smallest absolute Gasteiger partial charge is 0.0552 e. The van der Waals surface area contributed by atoms with Crippen LogP contribution in [-0.4, -0.2) is 31.0 Å². The first kappa shape index (κ1) is 9.44. The highest BCUT2D eigenvalue weighted by Crippen LogP contribution is 2.48. The van der Waals surface area contributed by atoms with Crippen LogP contribution in [0.15, 0.2) is 0 Å². The van der Waals surface area contributed by atoms with Crippen molar-refractivity contribution in [3.8, 4) is 0 Å². The predicted octanol–water partition coefficient (Wildman–Crippen LogP) is 0.513. The molecule has 13 heavy (non-hydrogen) atoms. The molecule has 1 saturated carbocycles. The van der Waals surface area contributed by atoms with Crippen LogP contribution < -0.4 is 5.73 Å². The molecule has 3 heteroatoms. The number of hydrogen-bond acceptors (Lipinski definition) is 3. The summed E-state index contributed by atoms with van der Waals surface area (Å²) in [6.07, 6.45) is 4.05. The fraction of sp³-hybridized carbons (Fsp3) is 1.00. The highest BCUT2D eigenvalue weighted by atomic mass is 16.5. The summed E-state index contributed by atoms with van der Waals surface area (Å²) in [7, 11) is 0. The first-order valence-corrected chi connectivity index (χ1v) is 5.23. The van der Waals surface area contributed by atoms with Gasteiger partial charge in [0, 0.05) is 13.2 Å². The third kappa shape index (κ3) is 1.60. The Kier molecular flexibility index (Phi) is 2.58. The van der Waals surface area contributed by atoms with Gasteiger partial charge in [-0.2, -0.15) is 0 Å². The zero-order chi connectivity index (χ0) is 9.31. The molecular formula is C10H19NO2. The van der Waals surface area contributed by atoms with Crippen molar-refractivity contribution in [2.45, 2.75) is 31.8 Å². The van der Waals surface area contributed by atoms with E-state index >= 15 is 0 Å². The van der Waals surface area contributed by atoms with Crippen molar-refractivity contribution in [3.05, 3.63) is 0 Å². The van der Waals surface area contributed by atoms with Gasteiger partial charge in [0.2, 0.25) is 0 Å². The average molecular weight is 185 g/mol. The highest BCUT2D eigenvalue weighted by Gasteiger charge is 2.48. The van der Waals surface area contributed by atoms with Crippen LogP contribution in [0.4, 0.5) is 0 Å². The number of rotatable bonds is 2. The summed E-state index contributed by atoms with van der Waals surface area (Å²) in [5.74, 6) is 0.592. The first-order valence-electron chi connectivity index (χ1n) is 5.23. The second-order valence-electron chi connectivity index (χ2n) is 4.54. The van der Waals surface area contributed by atoms with E-state index in [2.05, 4.69) is 0 Å². The Labute approximate surface area is 79.3 Å². The van der Waals surface area contributed by atoms with E-state index in [1.54, 1.807) is 0 Å². The van der Waals surface area contributed by atoms with Gasteiger partial charge in [-0.3, -0.25) is 0 Å². The minimum atomic E-state index is -0.106. The second-order valence-corrected chi connectivity index (χ2v) is 4.54. The molecule has 3 N–H and O–H groups in total. The van der Waals surface area contributed by atoms with Gasteiger partial charge in [-0.1, -0.05) is 0 Å². The van der Waals surface area contributed by atoms with Gasteiger partial charge < -0.3 is 15.6 Å². The van der Waals surface area contributed by atoms with Crippen LogP contribution in [-0.2, 0) is 4.74 Å². The van der Waals surface area contributed by atoms with Crippen LogP contribution in [0.1, 0.15) is 25.7 Å². The predicted molar refractivity (Wildman–Crippen MR) is 50.3 cm³/mol. The van der Waals surface area contributed by atoms with E-state index in [9.17, 15) is 5.11 Å². The van der Waals surface area contributed by atoms with E-state index in [-0.39, 0.29) is 11.5 Å². The average Bonchev–Trinajstić information content (AvgIpc) is 2.14. The molecule has 1 heterocycles. The van der Waals surface area contributed by atoms with Gasteiger partial charge in [-0.25, -0.2) is 0 Å². The van der Waals surface area contributed by atoms with Crippen LogP contribution in [0.25, 0.3) is 0 Å². The third-order valence-corrected chi connectivity index (χ3v) is 3.72. The Bertz CT molecular complexity index is 172. The molecule has 1 atom stereocenters. The Morgan fingerprint density at radius 1 is 1.46 bits per heavy atom. The van der Waals surface area contributed by atoms with Crippen LogP contribution >= 0.6 is 0 Å². The van der Waals surface area contributed by atoms with Crippen molar-refractivity contribution in [2.75, 3.05) is 19.8 Å². The van der Waals surface area contributed by atoms with Gasteiger partial charge in [-0.05, 0) is 43.6 Å². The summed E-state index contributed by atoms with van der Waals surface area (Å²) in [6, 6.07) is 0. The van der Waals surface area contributed by atoms with Gasteiger partial charge in [0.15, 0.2) is 0 Å². The Morgan fingerprint density at radius 3 is 2.69 bits per heavy atom. The lowest BCUT2D eigenvalue weighted by molar-refractivity contribution is -0.103. The van der Waals surface area contributed by atoms with Gasteiger partial charge in [0.05, 0.1) is 6.10 Å². The van der Waals surface area contributed by atoms with Gasteiger partial charge >= 0.3 is 0 Å². The molecule has 1 unspecified atom stereocenters. The normalized spacial score (nSPS) is 45.7.